The van der Waals surface area contributed by atoms with Gasteiger partial charge >= 0.3 is 0 Å². The maximum atomic E-state index is 12.7. The van der Waals surface area contributed by atoms with Crippen LogP contribution in [0.1, 0.15) is 71.2 Å². The fourth-order valence-electron chi connectivity index (χ4n) is 5.10. The number of nitrogens with two attached hydrogens (primary N) is 1. The second kappa shape index (κ2) is 12.6. The average molecular weight is 536 g/mol. The van der Waals surface area contributed by atoms with Crippen molar-refractivity contribution in [2.24, 2.45) is 0 Å². The van der Waals surface area contributed by atoms with E-state index in [-0.39, 0.29) is 5.92 Å². The molecule has 3 aromatic carbocycles. The zero-order valence-electron chi connectivity index (χ0n) is 21.8. The smallest absolute Gasteiger partial charge is 0.265 e. The van der Waals surface area contributed by atoms with Crippen molar-refractivity contribution in [2.45, 2.75) is 50.5 Å². The highest BCUT2D eigenvalue weighted by molar-refractivity contribution is 7.89. The number of benzene rings is 3. The first-order chi connectivity index (χ1) is 18.2. The molecule has 1 atom stereocenters. The third-order valence-corrected chi connectivity index (χ3v) is 7.69. The number of aliphatic hydroxyl groups is 1. The lowest BCUT2D eigenvalue weighted by atomic mass is 9.89. The summed E-state index contributed by atoms with van der Waals surface area (Å²) >= 11 is 0. The number of anilines is 1. The van der Waals surface area contributed by atoms with Crippen molar-refractivity contribution < 1.29 is 18.3 Å². The lowest BCUT2D eigenvalue weighted by molar-refractivity contribution is 0.0980. The number of nitrogen functional groups attached to an aromatic ring is 1. The van der Waals surface area contributed by atoms with Crippen LogP contribution in [0.5, 0.6) is 0 Å². The maximum absolute atomic E-state index is 12.7. The van der Waals surface area contributed by atoms with Crippen LogP contribution >= 0.6 is 0 Å². The van der Waals surface area contributed by atoms with E-state index in [1.807, 2.05) is 18.2 Å². The van der Waals surface area contributed by atoms with Crippen LogP contribution in [0.2, 0.25) is 0 Å². The minimum absolute atomic E-state index is 0.264. The van der Waals surface area contributed by atoms with Crippen molar-refractivity contribution in [3.05, 3.63) is 89.0 Å². The molecule has 202 valence electrons. The minimum Gasteiger partial charge on any atom is -0.399 e. The molecule has 38 heavy (non-hydrogen) atoms. The van der Waals surface area contributed by atoms with E-state index in [0.717, 1.165) is 73.6 Å². The first-order valence-electron chi connectivity index (χ1n) is 13.2. The summed E-state index contributed by atoms with van der Waals surface area (Å²) in [6.07, 6.45) is 6.55. The predicted molar refractivity (Wildman–Crippen MR) is 152 cm³/mol. The van der Waals surface area contributed by atoms with Gasteiger partial charge in [0.05, 0.1) is 12.4 Å². The topological polar surface area (TPSA) is 122 Å². The van der Waals surface area contributed by atoms with Gasteiger partial charge in [0.2, 0.25) is 10.0 Å². The van der Waals surface area contributed by atoms with Crippen molar-refractivity contribution in [2.75, 3.05) is 25.1 Å². The Bertz CT molecular complexity index is 1330. The van der Waals surface area contributed by atoms with Crippen molar-refractivity contribution in [3.63, 3.8) is 0 Å². The number of rotatable bonds is 11. The Morgan fingerprint density at radius 1 is 1.00 bits per heavy atom. The molecule has 5 N–H and O–H groups in total. The van der Waals surface area contributed by atoms with Crippen molar-refractivity contribution in [1.82, 2.24) is 10.0 Å². The largest absolute Gasteiger partial charge is 0.399 e. The molecule has 1 fully saturated rings. The van der Waals surface area contributed by atoms with E-state index in [4.69, 9.17) is 5.73 Å². The molecule has 4 rings (SSSR count). The van der Waals surface area contributed by atoms with Crippen LogP contribution in [0.15, 0.2) is 66.7 Å². The summed E-state index contributed by atoms with van der Waals surface area (Å²) in [6.45, 7) is 1.29. The molecule has 0 spiro atoms. The molecule has 0 unspecified atom stereocenters. The van der Waals surface area contributed by atoms with Crippen LogP contribution in [0.25, 0.3) is 11.1 Å². The van der Waals surface area contributed by atoms with Gasteiger partial charge in [0.15, 0.2) is 0 Å². The number of carbonyl (C=O) groups excluding carboxylic acids is 1. The van der Waals surface area contributed by atoms with E-state index >= 15 is 0 Å². The summed E-state index contributed by atoms with van der Waals surface area (Å²) in [7, 11) is -3.63. The molecular weight excluding hydrogens is 498 g/mol. The molecule has 3 aromatic rings. The molecular formula is C30H37N3O4S. The van der Waals surface area contributed by atoms with Crippen molar-refractivity contribution >= 4 is 21.6 Å². The van der Waals surface area contributed by atoms with Gasteiger partial charge in [-0.2, -0.15) is 0 Å². The van der Waals surface area contributed by atoms with Gasteiger partial charge in [-0.15, -0.1) is 0 Å². The number of sulfonamides is 1. The van der Waals surface area contributed by atoms with Gasteiger partial charge in [-0.05, 0) is 84.2 Å². The monoisotopic (exact) mass is 535 g/mol. The van der Waals surface area contributed by atoms with E-state index in [0.29, 0.717) is 17.8 Å². The number of carbonyl (C=O) groups is 1. The van der Waals surface area contributed by atoms with E-state index in [1.165, 1.54) is 5.56 Å². The lowest BCUT2D eigenvalue weighted by Gasteiger charge is -2.17. The van der Waals surface area contributed by atoms with Crippen LogP contribution in [0.4, 0.5) is 5.69 Å². The molecule has 0 heterocycles. The van der Waals surface area contributed by atoms with E-state index in [2.05, 4.69) is 40.4 Å². The highest BCUT2D eigenvalue weighted by Crippen LogP contribution is 2.38. The molecule has 0 bridgehead atoms. The number of amides is 1. The van der Waals surface area contributed by atoms with Crippen molar-refractivity contribution in [1.29, 1.82) is 0 Å². The molecule has 7 nitrogen and oxygen atoms in total. The van der Waals surface area contributed by atoms with Gasteiger partial charge in [-0.1, -0.05) is 61.4 Å². The molecule has 1 aliphatic rings. The Balaban J connectivity index is 1.35. The Morgan fingerprint density at radius 3 is 2.32 bits per heavy atom. The highest BCUT2D eigenvalue weighted by atomic mass is 32.2. The SMILES string of the molecule is CS(=O)(=O)NC(=O)c1ccc(-c2ccc(CCCNC[C@H](O)c3ccc(N)cc3)cc2)cc1C1CCCC1. The zero-order valence-corrected chi connectivity index (χ0v) is 22.6. The summed E-state index contributed by atoms with van der Waals surface area (Å²) in [5, 5.41) is 13.6. The molecule has 0 aliphatic heterocycles. The Kier molecular flexibility index (Phi) is 9.20. The second-order valence-corrected chi connectivity index (χ2v) is 11.9. The number of aryl methyl sites for hydroxylation is 1. The molecule has 0 saturated heterocycles. The van der Waals surface area contributed by atoms with Crippen LogP contribution in [0, 0.1) is 0 Å². The highest BCUT2D eigenvalue weighted by Gasteiger charge is 2.24. The second-order valence-electron chi connectivity index (χ2n) is 10.2. The Morgan fingerprint density at radius 2 is 1.66 bits per heavy atom. The Labute approximate surface area is 225 Å². The van der Waals surface area contributed by atoms with Gasteiger partial charge in [0.25, 0.3) is 5.91 Å². The molecule has 1 aliphatic carbocycles. The van der Waals surface area contributed by atoms with Gasteiger partial charge in [-0.3, -0.25) is 4.79 Å². The summed E-state index contributed by atoms with van der Waals surface area (Å²) in [4.78, 5) is 12.7. The van der Waals surface area contributed by atoms with Crippen LogP contribution in [-0.2, 0) is 16.4 Å². The molecule has 1 saturated carbocycles. The first kappa shape index (κ1) is 27.8. The van der Waals surface area contributed by atoms with E-state index in [1.54, 1.807) is 18.2 Å². The maximum Gasteiger partial charge on any atom is 0.265 e. The first-order valence-corrected chi connectivity index (χ1v) is 15.1. The van der Waals surface area contributed by atoms with Gasteiger partial charge in [-0.25, -0.2) is 13.1 Å². The number of hydrogen-bond acceptors (Lipinski definition) is 6. The fraction of sp³-hybridized carbons (Fsp3) is 0.367. The Hall–Kier alpha value is -3.20. The lowest BCUT2D eigenvalue weighted by Crippen LogP contribution is -2.30. The minimum atomic E-state index is -3.63. The third-order valence-electron chi connectivity index (χ3n) is 7.13. The van der Waals surface area contributed by atoms with E-state index in [9.17, 15) is 18.3 Å². The van der Waals surface area contributed by atoms with Crippen molar-refractivity contribution in [3.8, 4) is 11.1 Å². The number of hydrogen-bond donors (Lipinski definition) is 4. The average Bonchev–Trinajstić information content (AvgIpc) is 3.43. The van der Waals surface area contributed by atoms with Crippen LogP contribution in [-0.4, -0.2) is 38.8 Å². The number of nitrogens with one attached hydrogen (secondary N) is 2. The normalized spacial score (nSPS) is 14.9. The van der Waals surface area contributed by atoms with Crippen LogP contribution in [0.3, 0.4) is 0 Å². The summed E-state index contributed by atoms with van der Waals surface area (Å²) in [5.74, 6) is -0.300. The molecule has 1 amide bonds. The van der Waals surface area contributed by atoms with E-state index < -0.39 is 22.0 Å². The quantitative estimate of drug-likeness (QED) is 0.211. The molecule has 8 heteroatoms. The van der Waals surface area contributed by atoms with Gasteiger partial charge in [0.1, 0.15) is 0 Å². The summed E-state index contributed by atoms with van der Waals surface area (Å²) < 4.78 is 25.4. The molecule has 0 aromatic heterocycles. The standard InChI is InChI=1S/C30H37N3O4S/c1-38(36,37)33-30(35)27-17-14-25(19-28(27)23-6-2-3-7-23)22-10-8-21(9-11-22)5-4-18-32-20-29(34)24-12-15-26(31)16-13-24/h8-17,19,23,29,32,34H,2-7,18,20,31H2,1H3,(H,33,35)/t29-/m0/s1. The third kappa shape index (κ3) is 7.66. The fourth-order valence-corrected chi connectivity index (χ4v) is 5.55. The van der Waals surface area contributed by atoms with Crippen LogP contribution < -0.4 is 15.8 Å². The summed E-state index contributed by atoms with van der Waals surface area (Å²) in [6, 6.07) is 21.4. The number of aliphatic hydroxyl groups excluding tert-OH is 1. The molecule has 0 radical (unpaired) electrons. The summed E-state index contributed by atoms with van der Waals surface area (Å²) in [5.41, 5.74) is 11.9. The predicted octanol–water partition coefficient (Wildman–Crippen LogP) is 4.54. The van der Waals surface area contributed by atoms with Gasteiger partial charge in [0, 0.05) is 17.8 Å². The van der Waals surface area contributed by atoms with Gasteiger partial charge < -0.3 is 16.2 Å². The zero-order chi connectivity index (χ0) is 27.1.